The van der Waals surface area contributed by atoms with Crippen LogP contribution in [0, 0.1) is 5.92 Å². The maximum absolute atomic E-state index is 5.45. The van der Waals surface area contributed by atoms with E-state index < -0.39 is 0 Å². The Bertz CT molecular complexity index is 331. The van der Waals surface area contributed by atoms with Gasteiger partial charge in [-0.1, -0.05) is 6.92 Å². The highest BCUT2D eigenvalue weighted by molar-refractivity contribution is 5.01. The van der Waals surface area contributed by atoms with Crippen LogP contribution in [-0.2, 0) is 11.8 Å². The smallest absolute Gasteiger partial charge is 0.125 e. The van der Waals surface area contributed by atoms with Crippen molar-refractivity contribution in [1.82, 2.24) is 14.9 Å². The van der Waals surface area contributed by atoms with E-state index in [1.165, 1.54) is 0 Å². The molecule has 1 saturated heterocycles. The van der Waals surface area contributed by atoms with Crippen molar-refractivity contribution in [1.29, 1.82) is 0 Å². The van der Waals surface area contributed by atoms with Crippen molar-refractivity contribution >= 4 is 0 Å². The predicted octanol–water partition coefficient (Wildman–Crippen LogP) is 1.89. The first kappa shape index (κ1) is 12.6. The summed E-state index contributed by atoms with van der Waals surface area (Å²) in [7, 11) is 2.07. The van der Waals surface area contributed by atoms with Crippen LogP contribution in [0.5, 0.6) is 0 Å². The molecule has 2 rings (SSSR count). The molecule has 1 aromatic heterocycles. The maximum Gasteiger partial charge on any atom is 0.125 e. The van der Waals surface area contributed by atoms with Gasteiger partial charge in [0.15, 0.2) is 0 Å². The summed E-state index contributed by atoms with van der Waals surface area (Å²) < 4.78 is 7.57. The van der Waals surface area contributed by atoms with Crippen molar-refractivity contribution in [3.63, 3.8) is 0 Å². The third kappa shape index (κ3) is 3.07. The van der Waals surface area contributed by atoms with Crippen LogP contribution in [-0.4, -0.2) is 29.3 Å². The lowest BCUT2D eigenvalue weighted by Gasteiger charge is -2.30. The molecular weight excluding hydrogens is 214 g/mol. The van der Waals surface area contributed by atoms with E-state index in [1.54, 1.807) is 0 Å². The second-order valence-electron chi connectivity index (χ2n) is 4.78. The van der Waals surface area contributed by atoms with Gasteiger partial charge >= 0.3 is 0 Å². The first-order chi connectivity index (χ1) is 8.33. The van der Waals surface area contributed by atoms with E-state index in [-0.39, 0.29) is 0 Å². The first-order valence-corrected chi connectivity index (χ1v) is 6.61. The van der Waals surface area contributed by atoms with E-state index in [1.807, 2.05) is 12.4 Å². The SMILES string of the molecule is CCCNC(c1nccn1C)C1CCOCC1. The van der Waals surface area contributed by atoms with Gasteiger partial charge in [-0.15, -0.1) is 0 Å². The maximum atomic E-state index is 5.45. The molecule has 0 bridgehead atoms. The molecule has 0 aromatic carbocycles. The van der Waals surface area contributed by atoms with Crippen LogP contribution in [0.15, 0.2) is 12.4 Å². The number of rotatable bonds is 5. The topological polar surface area (TPSA) is 39.1 Å². The molecule has 1 aliphatic heterocycles. The van der Waals surface area contributed by atoms with Crippen LogP contribution in [0.1, 0.15) is 38.1 Å². The highest BCUT2D eigenvalue weighted by Gasteiger charge is 2.27. The van der Waals surface area contributed by atoms with Crippen molar-refractivity contribution in [3.05, 3.63) is 18.2 Å². The molecule has 96 valence electrons. The second-order valence-corrected chi connectivity index (χ2v) is 4.78. The molecule has 0 aliphatic carbocycles. The van der Waals surface area contributed by atoms with Gasteiger partial charge in [0.1, 0.15) is 5.82 Å². The van der Waals surface area contributed by atoms with E-state index in [2.05, 4.69) is 28.8 Å². The summed E-state index contributed by atoms with van der Waals surface area (Å²) in [6.45, 7) is 5.03. The largest absolute Gasteiger partial charge is 0.381 e. The molecule has 4 heteroatoms. The molecule has 1 aliphatic rings. The summed E-state index contributed by atoms with van der Waals surface area (Å²) in [5, 5.41) is 3.64. The fraction of sp³-hybridized carbons (Fsp3) is 0.769. The third-order valence-corrected chi connectivity index (χ3v) is 3.49. The van der Waals surface area contributed by atoms with Crippen molar-refractivity contribution in [2.75, 3.05) is 19.8 Å². The minimum atomic E-state index is 0.374. The van der Waals surface area contributed by atoms with Gasteiger partial charge in [0.2, 0.25) is 0 Å². The van der Waals surface area contributed by atoms with Crippen LogP contribution in [0.4, 0.5) is 0 Å². The zero-order valence-corrected chi connectivity index (χ0v) is 10.9. The lowest BCUT2D eigenvalue weighted by atomic mass is 9.91. The molecule has 2 heterocycles. The van der Waals surface area contributed by atoms with E-state index >= 15 is 0 Å². The molecule has 0 spiro atoms. The summed E-state index contributed by atoms with van der Waals surface area (Å²) in [5.41, 5.74) is 0. The Morgan fingerprint density at radius 3 is 2.88 bits per heavy atom. The van der Waals surface area contributed by atoms with Crippen LogP contribution in [0.25, 0.3) is 0 Å². The molecule has 1 unspecified atom stereocenters. The normalized spacial score (nSPS) is 19.4. The Kier molecular flexibility index (Phi) is 4.57. The Balaban J connectivity index is 2.09. The van der Waals surface area contributed by atoms with Gasteiger partial charge in [-0.05, 0) is 31.7 Å². The molecule has 4 nitrogen and oxygen atoms in total. The molecule has 1 N–H and O–H groups in total. The summed E-state index contributed by atoms with van der Waals surface area (Å²) in [6, 6.07) is 0.374. The lowest BCUT2D eigenvalue weighted by Crippen LogP contribution is -2.34. The fourth-order valence-corrected chi connectivity index (χ4v) is 2.49. The van der Waals surface area contributed by atoms with Crippen molar-refractivity contribution in [2.24, 2.45) is 13.0 Å². The van der Waals surface area contributed by atoms with Gasteiger partial charge in [0, 0.05) is 32.7 Å². The Morgan fingerprint density at radius 1 is 1.53 bits per heavy atom. The highest BCUT2D eigenvalue weighted by atomic mass is 16.5. The number of nitrogens with zero attached hydrogens (tertiary/aromatic N) is 2. The number of aromatic nitrogens is 2. The standard InChI is InChI=1S/C13H23N3O/c1-3-6-14-12(11-4-9-17-10-5-11)13-15-7-8-16(13)2/h7-8,11-12,14H,3-6,9-10H2,1-2H3. The molecule has 1 aromatic rings. The molecule has 1 fully saturated rings. The van der Waals surface area contributed by atoms with Gasteiger partial charge in [0.05, 0.1) is 6.04 Å². The quantitative estimate of drug-likeness (QED) is 0.850. The monoisotopic (exact) mass is 237 g/mol. The van der Waals surface area contributed by atoms with Gasteiger partial charge in [-0.2, -0.15) is 0 Å². The average molecular weight is 237 g/mol. The Hall–Kier alpha value is -0.870. The fourth-order valence-electron chi connectivity index (χ4n) is 2.49. The summed E-state index contributed by atoms with van der Waals surface area (Å²) >= 11 is 0. The number of ether oxygens (including phenoxy) is 1. The zero-order valence-electron chi connectivity index (χ0n) is 10.9. The second kappa shape index (κ2) is 6.17. The lowest BCUT2D eigenvalue weighted by molar-refractivity contribution is 0.0521. The molecule has 0 saturated carbocycles. The molecule has 0 amide bonds. The van der Waals surface area contributed by atoms with Crippen molar-refractivity contribution < 1.29 is 4.74 Å². The van der Waals surface area contributed by atoms with Crippen molar-refractivity contribution in [3.8, 4) is 0 Å². The average Bonchev–Trinajstić information content (AvgIpc) is 2.78. The van der Waals surface area contributed by atoms with Crippen LogP contribution in [0.2, 0.25) is 0 Å². The summed E-state index contributed by atoms with van der Waals surface area (Å²) in [4.78, 5) is 4.50. The van der Waals surface area contributed by atoms with Crippen LogP contribution >= 0.6 is 0 Å². The number of aryl methyl sites for hydroxylation is 1. The van der Waals surface area contributed by atoms with Crippen LogP contribution in [0.3, 0.4) is 0 Å². The van der Waals surface area contributed by atoms with Gasteiger partial charge < -0.3 is 14.6 Å². The van der Waals surface area contributed by atoms with E-state index in [0.29, 0.717) is 12.0 Å². The molecular formula is C13H23N3O. The van der Waals surface area contributed by atoms with Gasteiger partial charge in [-0.25, -0.2) is 4.98 Å². The van der Waals surface area contributed by atoms with E-state index in [9.17, 15) is 0 Å². The van der Waals surface area contributed by atoms with E-state index in [4.69, 9.17) is 4.74 Å². The Morgan fingerprint density at radius 2 is 2.29 bits per heavy atom. The first-order valence-electron chi connectivity index (χ1n) is 6.61. The molecule has 1 atom stereocenters. The number of imidazole rings is 1. The van der Waals surface area contributed by atoms with Gasteiger partial charge in [0.25, 0.3) is 0 Å². The molecule has 17 heavy (non-hydrogen) atoms. The number of nitrogens with one attached hydrogen (secondary N) is 1. The van der Waals surface area contributed by atoms with Crippen LogP contribution < -0.4 is 5.32 Å². The van der Waals surface area contributed by atoms with Crippen molar-refractivity contribution in [2.45, 2.75) is 32.2 Å². The minimum absolute atomic E-state index is 0.374. The predicted molar refractivity (Wildman–Crippen MR) is 67.8 cm³/mol. The van der Waals surface area contributed by atoms with Gasteiger partial charge in [-0.3, -0.25) is 0 Å². The van der Waals surface area contributed by atoms with E-state index in [0.717, 1.165) is 44.8 Å². The molecule has 0 radical (unpaired) electrons. The minimum Gasteiger partial charge on any atom is -0.381 e. The third-order valence-electron chi connectivity index (χ3n) is 3.49. The summed E-state index contributed by atoms with van der Waals surface area (Å²) in [6.07, 6.45) is 7.33. The Labute approximate surface area is 103 Å². The number of hydrogen-bond acceptors (Lipinski definition) is 3. The summed E-state index contributed by atoms with van der Waals surface area (Å²) in [5.74, 6) is 1.81. The number of hydrogen-bond donors (Lipinski definition) is 1. The zero-order chi connectivity index (χ0) is 12.1. The highest BCUT2D eigenvalue weighted by Crippen LogP contribution is 2.28.